The Morgan fingerprint density at radius 2 is 1.81 bits per heavy atom. The lowest BCUT2D eigenvalue weighted by atomic mass is 10.2. The average Bonchev–Trinajstić information content (AvgIpc) is 3.02. The lowest BCUT2D eigenvalue weighted by molar-refractivity contribution is 1.12. The molecule has 0 unspecified atom stereocenters. The van der Waals surface area contributed by atoms with Crippen molar-refractivity contribution in [1.82, 2.24) is 9.97 Å². The van der Waals surface area contributed by atoms with Gasteiger partial charge in [0, 0.05) is 17.0 Å². The first-order valence-electron chi connectivity index (χ1n) is 6.45. The number of nitriles is 1. The molecule has 0 spiro atoms. The third kappa shape index (κ3) is 3.25. The molecule has 1 N–H and O–H groups in total. The maximum Gasteiger partial charge on any atom is 0.159 e. The number of nitrogens with one attached hydrogen (secondary N) is 1. The molecule has 0 amide bonds. The van der Waals surface area contributed by atoms with Crippen molar-refractivity contribution in [3.63, 3.8) is 0 Å². The van der Waals surface area contributed by atoms with E-state index in [4.69, 9.17) is 5.26 Å². The molecule has 3 aromatic rings. The second kappa shape index (κ2) is 6.16. The molecule has 1 aromatic carbocycles. The number of nitrogens with zero attached hydrogens (tertiary/aromatic N) is 3. The summed E-state index contributed by atoms with van der Waals surface area (Å²) in [5.74, 6) is 0.712. The Bertz CT molecular complexity index is 757. The zero-order valence-corrected chi connectivity index (χ0v) is 12.0. The molecule has 0 aliphatic heterocycles. The van der Waals surface area contributed by atoms with Crippen LogP contribution in [0, 0.1) is 11.3 Å². The van der Waals surface area contributed by atoms with Crippen molar-refractivity contribution in [2.75, 3.05) is 5.32 Å². The minimum atomic E-state index is 0.667. The minimum Gasteiger partial charge on any atom is -0.378 e. The molecule has 0 radical (unpaired) electrons. The van der Waals surface area contributed by atoms with Crippen molar-refractivity contribution in [3.05, 3.63) is 64.6 Å². The molecule has 2 heterocycles. The largest absolute Gasteiger partial charge is 0.378 e. The van der Waals surface area contributed by atoms with E-state index in [1.807, 2.05) is 42.5 Å². The lowest BCUT2D eigenvalue weighted by Crippen LogP contribution is -1.99. The van der Waals surface area contributed by atoms with E-state index < -0.39 is 0 Å². The van der Waals surface area contributed by atoms with Crippen molar-refractivity contribution in [2.45, 2.75) is 6.54 Å². The summed E-state index contributed by atoms with van der Waals surface area (Å²) in [6.07, 6.45) is 3.54. The first-order chi connectivity index (χ1) is 10.3. The summed E-state index contributed by atoms with van der Waals surface area (Å²) in [7, 11) is 0. The second-order valence-corrected chi connectivity index (χ2v) is 5.56. The molecule has 5 heteroatoms. The van der Waals surface area contributed by atoms with E-state index in [1.54, 1.807) is 12.4 Å². The van der Waals surface area contributed by atoms with Crippen molar-refractivity contribution >= 4 is 17.0 Å². The maximum absolute atomic E-state index is 8.79. The molecule has 4 nitrogen and oxygen atoms in total. The summed E-state index contributed by atoms with van der Waals surface area (Å²) >= 11 is 1.49. The number of anilines is 1. The van der Waals surface area contributed by atoms with Crippen molar-refractivity contribution in [1.29, 1.82) is 5.26 Å². The highest BCUT2D eigenvalue weighted by atomic mass is 32.1. The van der Waals surface area contributed by atoms with Gasteiger partial charge in [0.15, 0.2) is 5.82 Å². The van der Waals surface area contributed by atoms with Gasteiger partial charge in [-0.25, -0.2) is 9.97 Å². The van der Waals surface area contributed by atoms with E-state index in [9.17, 15) is 0 Å². The van der Waals surface area contributed by atoms with Gasteiger partial charge >= 0.3 is 0 Å². The highest BCUT2D eigenvalue weighted by Gasteiger charge is 2.02. The Morgan fingerprint density at radius 3 is 2.48 bits per heavy atom. The lowest BCUT2D eigenvalue weighted by Gasteiger charge is -2.05. The third-order valence-electron chi connectivity index (χ3n) is 2.92. The molecule has 3 rings (SSSR count). The molecular weight excluding hydrogens is 280 g/mol. The molecule has 0 saturated carbocycles. The number of hydrogen-bond acceptors (Lipinski definition) is 5. The Kier molecular flexibility index (Phi) is 3.90. The Labute approximate surface area is 126 Å². The maximum atomic E-state index is 8.79. The van der Waals surface area contributed by atoms with Crippen LogP contribution in [0.25, 0.3) is 11.4 Å². The molecule has 102 valence electrons. The summed E-state index contributed by atoms with van der Waals surface area (Å²) in [5, 5.41) is 12.0. The topological polar surface area (TPSA) is 61.6 Å². The van der Waals surface area contributed by atoms with Crippen LogP contribution in [-0.4, -0.2) is 9.97 Å². The molecule has 0 fully saturated rings. The van der Waals surface area contributed by atoms with E-state index in [0.717, 1.165) is 21.0 Å². The van der Waals surface area contributed by atoms with Gasteiger partial charge in [0.2, 0.25) is 0 Å². The zero-order chi connectivity index (χ0) is 14.5. The molecule has 0 atom stereocenters. The van der Waals surface area contributed by atoms with Gasteiger partial charge in [-0.3, -0.25) is 0 Å². The fourth-order valence-corrected chi connectivity index (χ4v) is 2.62. The predicted molar refractivity (Wildman–Crippen MR) is 83.8 cm³/mol. The molecule has 0 saturated heterocycles. The van der Waals surface area contributed by atoms with Crippen LogP contribution in [0.2, 0.25) is 0 Å². The van der Waals surface area contributed by atoms with Gasteiger partial charge in [-0.15, -0.1) is 11.3 Å². The molecular formula is C16H12N4S. The number of hydrogen-bond donors (Lipinski definition) is 1. The van der Waals surface area contributed by atoms with Crippen LogP contribution in [-0.2, 0) is 6.54 Å². The second-order valence-electron chi connectivity index (χ2n) is 4.39. The summed E-state index contributed by atoms with van der Waals surface area (Å²) < 4.78 is 0. The fraction of sp³-hybridized carbons (Fsp3) is 0.0625. The molecule has 0 aliphatic rings. The van der Waals surface area contributed by atoms with Crippen LogP contribution in [0.4, 0.5) is 5.69 Å². The molecule has 2 aromatic heterocycles. The summed E-state index contributed by atoms with van der Waals surface area (Å²) in [6.45, 7) is 0.667. The van der Waals surface area contributed by atoms with Gasteiger partial charge in [0.05, 0.1) is 18.1 Å². The fourth-order valence-electron chi connectivity index (χ4n) is 1.88. The minimum absolute atomic E-state index is 0.667. The molecule has 0 aliphatic carbocycles. The van der Waals surface area contributed by atoms with Crippen molar-refractivity contribution in [3.8, 4) is 17.5 Å². The van der Waals surface area contributed by atoms with E-state index in [-0.39, 0.29) is 0 Å². The molecule has 0 bridgehead atoms. The van der Waals surface area contributed by atoms with Gasteiger partial charge < -0.3 is 5.32 Å². The highest BCUT2D eigenvalue weighted by Crippen LogP contribution is 2.18. The van der Waals surface area contributed by atoms with Crippen LogP contribution >= 0.6 is 11.3 Å². The zero-order valence-electron chi connectivity index (χ0n) is 11.2. The number of rotatable bonds is 4. The van der Waals surface area contributed by atoms with Crippen LogP contribution in [0.5, 0.6) is 0 Å². The number of aromatic nitrogens is 2. The summed E-state index contributed by atoms with van der Waals surface area (Å²) in [5.41, 5.74) is 1.86. The number of benzene rings is 1. The van der Waals surface area contributed by atoms with Gasteiger partial charge in [-0.05, 0) is 12.1 Å². The Hall–Kier alpha value is -2.71. The van der Waals surface area contributed by atoms with Gasteiger partial charge in [0.25, 0.3) is 0 Å². The van der Waals surface area contributed by atoms with Gasteiger partial charge in [0.1, 0.15) is 10.9 Å². The standard InChI is InChI=1S/C16H12N4S/c17-8-14-6-7-15(21-14)11-18-13-9-19-16(20-10-13)12-4-2-1-3-5-12/h1-7,9-10,18H,11H2. The average molecular weight is 292 g/mol. The van der Waals surface area contributed by atoms with Crippen molar-refractivity contribution in [2.24, 2.45) is 0 Å². The summed E-state index contributed by atoms with van der Waals surface area (Å²) in [4.78, 5) is 10.6. The van der Waals surface area contributed by atoms with Gasteiger partial charge in [-0.1, -0.05) is 30.3 Å². The SMILES string of the molecule is N#Cc1ccc(CNc2cnc(-c3ccccc3)nc2)s1. The normalized spacial score (nSPS) is 10.0. The monoisotopic (exact) mass is 292 g/mol. The predicted octanol–water partition coefficient (Wildman–Crippen LogP) is 3.69. The first-order valence-corrected chi connectivity index (χ1v) is 7.27. The third-order valence-corrected chi connectivity index (χ3v) is 3.91. The van der Waals surface area contributed by atoms with Crippen LogP contribution in [0.3, 0.4) is 0 Å². The smallest absolute Gasteiger partial charge is 0.159 e. The number of thiophene rings is 1. The van der Waals surface area contributed by atoms with E-state index >= 15 is 0 Å². The Balaban J connectivity index is 1.66. The van der Waals surface area contributed by atoms with Crippen molar-refractivity contribution < 1.29 is 0 Å². The quantitative estimate of drug-likeness (QED) is 0.796. The van der Waals surface area contributed by atoms with Crippen LogP contribution in [0.15, 0.2) is 54.9 Å². The highest BCUT2D eigenvalue weighted by molar-refractivity contribution is 7.12. The van der Waals surface area contributed by atoms with Crippen LogP contribution in [0.1, 0.15) is 9.75 Å². The first kappa shape index (κ1) is 13.3. The van der Waals surface area contributed by atoms with E-state index in [0.29, 0.717) is 12.4 Å². The Morgan fingerprint density at radius 1 is 1.05 bits per heavy atom. The summed E-state index contributed by atoms with van der Waals surface area (Å²) in [6, 6.07) is 15.8. The van der Waals surface area contributed by atoms with Gasteiger partial charge in [-0.2, -0.15) is 5.26 Å². The molecule has 21 heavy (non-hydrogen) atoms. The van der Waals surface area contributed by atoms with E-state index in [2.05, 4.69) is 21.4 Å². The van der Waals surface area contributed by atoms with E-state index in [1.165, 1.54) is 11.3 Å². The van der Waals surface area contributed by atoms with Crippen LogP contribution < -0.4 is 5.32 Å².